The van der Waals surface area contributed by atoms with E-state index >= 15 is 0 Å². The second kappa shape index (κ2) is 8.08. The fraction of sp³-hybridized carbons (Fsp3) is 0.611. The lowest BCUT2D eigenvalue weighted by atomic mass is 9.98. The molecule has 0 atom stereocenters. The van der Waals surface area contributed by atoms with Gasteiger partial charge >= 0.3 is 6.09 Å². The number of nitrogens with one attached hydrogen (secondary N) is 1. The van der Waals surface area contributed by atoms with Gasteiger partial charge in [0.05, 0.1) is 18.5 Å². The van der Waals surface area contributed by atoms with Crippen LogP contribution in [0.1, 0.15) is 51.7 Å². The van der Waals surface area contributed by atoms with Crippen LogP contribution in [0.25, 0.3) is 0 Å². The van der Waals surface area contributed by atoms with Crippen molar-refractivity contribution in [1.82, 2.24) is 5.32 Å². The predicted octanol–water partition coefficient (Wildman–Crippen LogP) is 3.41. The molecule has 0 bridgehead atoms. The van der Waals surface area contributed by atoms with Crippen molar-refractivity contribution >= 4 is 21.8 Å². The molecule has 0 fully saturated rings. The Morgan fingerprint density at radius 3 is 2.36 bits per heavy atom. The lowest BCUT2D eigenvalue weighted by Gasteiger charge is -2.28. The van der Waals surface area contributed by atoms with Crippen molar-refractivity contribution in [1.29, 1.82) is 0 Å². The number of aryl methyl sites for hydroxylation is 1. The predicted molar refractivity (Wildman–Crippen MR) is 102 cm³/mol. The van der Waals surface area contributed by atoms with Gasteiger partial charge in [0.25, 0.3) is 0 Å². The number of carbonyl (C=O) groups is 1. The second-order valence-corrected chi connectivity index (χ2v) is 9.34. The van der Waals surface area contributed by atoms with Gasteiger partial charge < -0.3 is 10.1 Å². The van der Waals surface area contributed by atoms with Gasteiger partial charge in [-0.2, -0.15) is 0 Å². The van der Waals surface area contributed by atoms with E-state index in [0.29, 0.717) is 5.69 Å². The van der Waals surface area contributed by atoms with Gasteiger partial charge in [0.15, 0.2) is 0 Å². The third kappa shape index (κ3) is 6.57. The number of anilines is 1. The van der Waals surface area contributed by atoms with E-state index in [1.165, 1.54) is 10.6 Å². The van der Waals surface area contributed by atoms with Gasteiger partial charge in [0.1, 0.15) is 5.60 Å². The van der Waals surface area contributed by atoms with Crippen molar-refractivity contribution in [2.24, 2.45) is 0 Å². The van der Waals surface area contributed by atoms with Crippen molar-refractivity contribution < 1.29 is 17.9 Å². The largest absolute Gasteiger partial charge is 0.444 e. The van der Waals surface area contributed by atoms with Gasteiger partial charge in [-0.3, -0.25) is 4.31 Å². The number of benzene rings is 1. The van der Waals surface area contributed by atoms with Crippen LogP contribution in [-0.4, -0.2) is 39.5 Å². The highest BCUT2D eigenvalue weighted by molar-refractivity contribution is 7.92. The number of para-hydroxylation sites is 1. The topological polar surface area (TPSA) is 75.7 Å². The highest BCUT2D eigenvalue weighted by Gasteiger charge is 2.23. The molecular formula is C18H30N2O4S. The molecule has 0 aliphatic carbocycles. The van der Waals surface area contributed by atoms with Crippen LogP contribution < -0.4 is 9.62 Å². The molecule has 0 saturated heterocycles. The maximum atomic E-state index is 12.3. The summed E-state index contributed by atoms with van der Waals surface area (Å²) < 4.78 is 31.2. The summed E-state index contributed by atoms with van der Waals surface area (Å²) in [5, 5.41) is 2.61. The van der Waals surface area contributed by atoms with E-state index in [4.69, 9.17) is 4.74 Å². The average Bonchev–Trinajstić information content (AvgIpc) is 2.40. The lowest BCUT2D eigenvalue weighted by molar-refractivity contribution is 0.0529. The summed E-state index contributed by atoms with van der Waals surface area (Å²) in [5.41, 5.74) is 1.93. The van der Waals surface area contributed by atoms with E-state index in [-0.39, 0.29) is 19.0 Å². The number of ether oxygens (including phenoxy) is 1. The molecule has 25 heavy (non-hydrogen) atoms. The van der Waals surface area contributed by atoms with Crippen molar-refractivity contribution in [3.63, 3.8) is 0 Å². The van der Waals surface area contributed by atoms with Crippen molar-refractivity contribution in [2.75, 3.05) is 23.7 Å². The number of carbonyl (C=O) groups excluding carboxylic acids is 1. The maximum absolute atomic E-state index is 12.3. The van der Waals surface area contributed by atoms with Gasteiger partial charge in [-0.15, -0.1) is 0 Å². The molecule has 1 aromatic carbocycles. The summed E-state index contributed by atoms with van der Waals surface area (Å²) in [6, 6.07) is 5.75. The van der Waals surface area contributed by atoms with E-state index in [1.54, 1.807) is 20.8 Å². The number of hydrogen-bond acceptors (Lipinski definition) is 4. The van der Waals surface area contributed by atoms with Gasteiger partial charge in [-0.1, -0.05) is 32.0 Å². The molecule has 0 aliphatic heterocycles. The van der Waals surface area contributed by atoms with Crippen LogP contribution in [0.3, 0.4) is 0 Å². The molecule has 1 rings (SSSR count). The highest BCUT2D eigenvalue weighted by Crippen LogP contribution is 2.32. The zero-order valence-corrected chi connectivity index (χ0v) is 17.0. The van der Waals surface area contributed by atoms with E-state index in [9.17, 15) is 13.2 Å². The van der Waals surface area contributed by atoms with E-state index in [0.717, 1.165) is 11.1 Å². The summed E-state index contributed by atoms with van der Waals surface area (Å²) in [6.45, 7) is 11.6. The van der Waals surface area contributed by atoms with Crippen molar-refractivity contribution in [3.05, 3.63) is 29.3 Å². The lowest BCUT2D eigenvalue weighted by Crippen LogP contribution is -2.40. The van der Waals surface area contributed by atoms with Gasteiger partial charge in [0, 0.05) is 6.54 Å². The Bertz CT molecular complexity index is 706. The van der Waals surface area contributed by atoms with Crippen LogP contribution in [0.4, 0.5) is 10.5 Å². The zero-order valence-electron chi connectivity index (χ0n) is 16.2. The van der Waals surface area contributed by atoms with Crippen LogP contribution in [0.2, 0.25) is 0 Å². The first-order valence-electron chi connectivity index (χ1n) is 8.37. The van der Waals surface area contributed by atoms with Crippen LogP contribution in [-0.2, 0) is 14.8 Å². The third-order valence-electron chi connectivity index (χ3n) is 3.52. The summed E-state index contributed by atoms with van der Waals surface area (Å²) in [7, 11) is -3.49. The van der Waals surface area contributed by atoms with Crippen LogP contribution in [0, 0.1) is 6.92 Å². The second-order valence-electron chi connectivity index (χ2n) is 7.43. The third-order valence-corrected chi connectivity index (χ3v) is 4.69. The molecule has 0 saturated carbocycles. The maximum Gasteiger partial charge on any atom is 0.407 e. The first kappa shape index (κ1) is 21.3. The molecule has 0 spiro atoms. The van der Waals surface area contributed by atoms with Gasteiger partial charge in [0.2, 0.25) is 10.0 Å². The Hall–Kier alpha value is -1.76. The zero-order chi connectivity index (χ0) is 19.4. The molecule has 1 N–H and O–H groups in total. The molecule has 1 aromatic rings. The molecule has 6 nitrogen and oxygen atoms in total. The van der Waals surface area contributed by atoms with Gasteiger partial charge in [-0.05, 0) is 44.7 Å². The van der Waals surface area contributed by atoms with Gasteiger partial charge in [-0.25, -0.2) is 13.2 Å². The first-order valence-corrected chi connectivity index (χ1v) is 10.2. The van der Waals surface area contributed by atoms with Crippen LogP contribution in [0.5, 0.6) is 0 Å². The Morgan fingerprint density at radius 2 is 1.88 bits per heavy atom. The first-order chi connectivity index (χ1) is 11.3. The van der Waals surface area contributed by atoms with Crippen molar-refractivity contribution in [3.8, 4) is 0 Å². The number of alkyl carbamates (subject to hydrolysis) is 1. The number of hydrogen-bond donors (Lipinski definition) is 1. The summed E-state index contributed by atoms with van der Waals surface area (Å²) in [4.78, 5) is 11.8. The Morgan fingerprint density at radius 1 is 1.28 bits per heavy atom. The Labute approximate surface area is 151 Å². The Balaban J connectivity index is 3.01. The van der Waals surface area contributed by atoms with E-state index in [1.807, 2.05) is 39.0 Å². The van der Waals surface area contributed by atoms with Crippen LogP contribution in [0.15, 0.2) is 18.2 Å². The molecule has 0 radical (unpaired) electrons. The SMILES string of the molecule is Cc1cccc(C(C)C)c1N(CCNC(=O)OC(C)(C)C)S(C)(=O)=O. The summed E-state index contributed by atoms with van der Waals surface area (Å²) >= 11 is 0. The Kier molecular flexibility index (Phi) is 6.88. The normalized spacial score (nSPS) is 12.2. The standard InChI is InChI=1S/C18H30N2O4S/c1-13(2)15-10-8-9-14(3)16(15)20(25(7,22)23)12-11-19-17(21)24-18(4,5)6/h8-10,13H,11-12H2,1-7H3,(H,19,21). The number of amides is 1. The molecule has 142 valence electrons. The molecule has 0 unspecified atom stereocenters. The number of sulfonamides is 1. The number of rotatable bonds is 6. The minimum Gasteiger partial charge on any atom is -0.444 e. The minimum atomic E-state index is -3.49. The molecule has 1 amide bonds. The molecule has 0 heterocycles. The fourth-order valence-electron chi connectivity index (χ4n) is 2.51. The minimum absolute atomic E-state index is 0.142. The monoisotopic (exact) mass is 370 g/mol. The molecular weight excluding hydrogens is 340 g/mol. The van der Waals surface area contributed by atoms with Crippen molar-refractivity contribution in [2.45, 2.75) is 53.1 Å². The van der Waals surface area contributed by atoms with E-state index in [2.05, 4.69) is 5.32 Å². The fourth-order valence-corrected chi connectivity index (χ4v) is 3.51. The van der Waals surface area contributed by atoms with Crippen LogP contribution >= 0.6 is 0 Å². The quantitative estimate of drug-likeness (QED) is 0.832. The molecule has 0 aromatic heterocycles. The summed E-state index contributed by atoms with van der Waals surface area (Å²) in [5.74, 6) is 0.179. The molecule has 0 aliphatic rings. The highest BCUT2D eigenvalue weighted by atomic mass is 32.2. The molecule has 7 heteroatoms. The average molecular weight is 371 g/mol. The summed E-state index contributed by atoms with van der Waals surface area (Å²) in [6.07, 6.45) is 0.617. The smallest absolute Gasteiger partial charge is 0.407 e. The van der Waals surface area contributed by atoms with E-state index < -0.39 is 21.7 Å². The number of nitrogens with zero attached hydrogens (tertiary/aromatic N) is 1.